The molecule has 1 nitrogen and oxygen atoms in total. The molecular weight excluding hydrogens is 446 g/mol. The summed E-state index contributed by atoms with van der Waals surface area (Å²) >= 11 is 0. The molecule has 7 rings (SSSR count). The minimum atomic E-state index is 1.14. The molecule has 1 heteroatoms. The predicted octanol–water partition coefficient (Wildman–Crippen LogP) is 10.3. The van der Waals surface area contributed by atoms with Crippen LogP contribution in [0, 0.1) is 0 Å². The summed E-state index contributed by atoms with van der Waals surface area (Å²) in [6, 6.07) is 54.4. The van der Waals surface area contributed by atoms with Crippen molar-refractivity contribution in [3.63, 3.8) is 0 Å². The van der Waals surface area contributed by atoms with Crippen LogP contribution in [-0.2, 0) is 0 Å². The van der Waals surface area contributed by atoms with Crippen molar-refractivity contribution in [2.45, 2.75) is 0 Å². The molecule has 0 aliphatic carbocycles. The van der Waals surface area contributed by atoms with E-state index in [0.29, 0.717) is 0 Å². The van der Waals surface area contributed by atoms with Gasteiger partial charge in [-0.25, -0.2) is 0 Å². The summed E-state index contributed by atoms with van der Waals surface area (Å²) in [6.45, 7) is 0. The van der Waals surface area contributed by atoms with Crippen molar-refractivity contribution in [2.24, 2.45) is 0 Å². The van der Waals surface area contributed by atoms with E-state index < -0.39 is 0 Å². The largest absolute Gasteiger partial charge is 0.310 e. The minimum Gasteiger partial charge on any atom is -0.310 e. The molecule has 0 unspecified atom stereocenters. The average molecular weight is 472 g/mol. The Kier molecular flexibility index (Phi) is 5.19. The highest BCUT2D eigenvalue weighted by molar-refractivity contribution is 6.17. The molecule has 0 spiro atoms. The summed E-state index contributed by atoms with van der Waals surface area (Å²) in [4.78, 5) is 2.35. The lowest BCUT2D eigenvalue weighted by Crippen LogP contribution is -2.10. The van der Waals surface area contributed by atoms with Crippen LogP contribution in [0.5, 0.6) is 0 Å². The maximum atomic E-state index is 2.35. The van der Waals surface area contributed by atoms with E-state index in [-0.39, 0.29) is 0 Å². The summed E-state index contributed by atoms with van der Waals surface area (Å²) in [5.41, 5.74) is 6.00. The van der Waals surface area contributed by atoms with Gasteiger partial charge in [0.2, 0.25) is 0 Å². The Morgan fingerprint density at radius 3 is 1.51 bits per heavy atom. The number of rotatable bonds is 4. The Bertz CT molecular complexity index is 1830. The molecular formula is C36H25N. The fourth-order valence-electron chi connectivity index (χ4n) is 5.58. The lowest BCUT2D eigenvalue weighted by molar-refractivity contribution is 1.30. The standard InChI is InChI=1S/C36H25N/c1-3-14-27(15-4-1)37(28-16-5-2-6-17-28)36-23-11-22-33-32-21-10-20-31(34(32)24-25-35(33)36)30-19-9-13-26-12-7-8-18-29(26)30/h1-25H. The number of nitrogens with zero attached hydrogens (tertiary/aromatic N) is 1. The van der Waals surface area contributed by atoms with E-state index in [2.05, 4.69) is 157 Å². The van der Waals surface area contributed by atoms with Crippen molar-refractivity contribution < 1.29 is 0 Å². The van der Waals surface area contributed by atoms with Gasteiger partial charge in [0, 0.05) is 16.8 Å². The molecule has 0 bridgehead atoms. The van der Waals surface area contributed by atoms with Crippen LogP contribution in [0.15, 0.2) is 152 Å². The molecule has 0 saturated heterocycles. The summed E-state index contributed by atoms with van der Waals surface area (Å²) in [5, 5.41) is 7.58. The molecule has 0 N–H and O–H groups in total. The lowest BCUT2D eigenvalue weighted by Gasteiger charge is -2.27. The van der Waals surface area contributed by atoms with Crippen molar-refractivity contribution >= 4 is 49.4 Å². The zero-order chi connectivity index (χ0) is 24.6. The third kappa shape index (κ3) is 3.64. The topological polar surface area (TPSA) is 3.24 Å². The van der Waals surface area contributed by atoms with Crippen LogP contribution in [0.25, 0.3) is 43.4 Å². The van der Waals surface area contributed by atoms with E-state index in [1.807, 2.05) is 0 Å². The molecule has 0 aliphatic heterocycles. The van der Waals surface area contributed by atoms with Gasteiger partial charge < -0.3 is 4.90 Å². The smallest absolute Gasteiger partial charge is 0.0540 e. The predicted molar refractivity (Wildman–Crippen MR) is 159 cm³/mol. The maximum Gasteiger partial charge on any atom is 0.0540 e. The van der Waals surface area contributed by atoms with Crippen LogP contribution in [0.2, 0.25) is 0 Å². The van der Waals surface area contributed by atoms with Gasteiger partial charge in [-0.15, -0.1) is 0 Å². The molecule has 0 aliphatic rings. The highest BCUT2D eigenvalue weighted by atomic mass is 15.1. The summed E-state index contributed by atoms with van der Waals surface area (Å²) < 4.78 is 0. The highest BCUT2D eigenvalue weighted by Gasteiger charge is 2.16. The Morgan fingerprint density at radius 1 is 0.297 bits per heavy atom. The van der Waals surface area contributed by atoms with Gasteiger partial charge in [-0.1, -0.05) is 121 Å². The van der Waals surface area contributed by atoms with Gasteiger partial charge in [0.05, 0.1) is 5.69 Å². The Hall–Kier alpha value is -4.88. The minimum absolute atomic E-state index is 1.14. The van der Waals surface area contributed by atoms with Crippen molar-refractivity contribution in [3.8, 4) is 11.1 Å². The second-order valence-electron chi connectivity index (χ2n) is 9.37. The van der Waals surface area contributed by atoms with Gasteiger partial charge in [-0.05, 0) is 68.4 Å². The number of hydrogen-bond donors (Lipinski definition) is 0. The van der Waals surface area contributed by atoms with Gasteiger partial charge in [-0.2, -0.15) is 0 Å². The van der Waals surface area contributed by atoms with E-state index >= 15 is 0 Å². The highest BCUT2D eigenvalue weighted by Crippen LogP contribution is 2.42. The number of hydrogen-bond acceptors (Lipinski definition) is 1. The number of fused-ring (bicyclic) bond motifs is 4. The van der Waals surface area contributed by atoms with Gasteiger partial charge in [-0.3, -0.25) is 0 Å². The normalized spacial score (nSPS) is 11.2. The molecule has 37 heavy (non-hydrogen) atoms. The average Bonchev–Trinajstić information content (AvgIpc) is 2.98. The fraction of sp³-hybridized carbons (Fsp3) is 0. The van der Waals surface area contributed by atoms with Gasteiger partial charge >= 0.3 is 0 Å². The van der Waals surface area contributed by atoms with E-state index in [1.54, 1.807) is 0 Å². The van der Waals surface area contributed by atoms with Crippen LogP contribution in [-0.4, -0.2) is 0 Å². The molecule has 7 aromatic rings. The van der Waals surface area contributed by atoms with Gasteiger partial charge in [0.1, 0.15) is 0 Å². The van der Waals surface area contributed by atoms with Crippen LogP contribution < -0.4 is 4.90 Å². The Morgan fingerprint density at radius 2 is 0.784 bits per heavy atom. The molecule has 0 aromatic heterocycles. The van der Waals surface area contributed by atoms with Gasteiger partial charge in [0.25, 0.3) is 0 Å². The Labute approximate surface area is 216 Å². The third-order valence-corrected chi connectivity index (χ3v) is 7.25. The molecule has 0 amide bonds. The summed E-state index contributed by atoms with van der Waals surface area (Å²) in [7, 11) is 0. The van der Waals surface area contributed by atoms with Crippen molar-refractivity contribution in [1.82, 2.24) is 0 Å². The number of para-hydroxylation sites is 2. The summed E-state index contributed by atoms with van der Waals surface area (Å²) in [5.74, 6) is 0. The second-order valence-corrected chi connectivity index (χ2v) is 9.37. The molecule has 174 valence electrons. The fourth-order valence-corrected chi connectivity index (χ4v) is 5.58. The zero-order valence-electron chi connectivity index (χ0n) is 20.4. The first-order valence-electron chi connectivity index (χ1n) is 12.7. The SMILES string of the molecule is c1ccc(N(c2ccccc2)c2cccc3c2ccc2c(-c4cccc5ccccc45)cccc23)cc1. The Balaban J connectivity index is 1.49. The first-order valence-corrected chi connectivity index (χ1v) is 12.7. The maximum absolute atomic E-state index is 2.35. The van der Waals surface area contributed by atoms with Crippen molar-refractivity contribution in [1.29, 1.82) is 0 Å². The van der Waals surface area contributed by atoms with Crippen molar-refractivity contribution in [2.75, 3.05) is 4.90 Å². The third-order valence-electron chi connectivity index (χ3n) is 7.25. The molecule has 7 aromatic carbocycles. The molecule has 0 atom stereocenters. The van der Waals surface area contributed by atoms with Gasteiger partial charge in [0.15, 0.2) is 0 Å². The van der Waals surface area contributed by atoms with Crippen LogP contribution in [0.3, 0.4) is 0 Å². The molecule has 0 radical (unpaired) electrons. The van der Waals surface area contributed by atoms with E-state index in [4.69, 9.17) is 0 Å². The van der Waals surface area contributed by atoms with Crippen LogP contribution >= 0.6 is 0 Å². The van der Waals surface area contributed by atoms with Crippen LogP contribution in [0.4, 0.5) is 17.1 Å². The van der Waals surface area contributed by atoms with E-state index in [9.17, 15) is 0 Å². The number of benzene rings is 7. The van der Waals surface area contributed by atoms with Crippen molar-refractivity contribution in [3.05, 3.63) is 152 Å². The van der Waals surface area contributed by atoms with E-state index in [0.717, 1.165) is 11.4 Å². The first-order chi connectivity index (χ1) is 18.4. The first kappa shape index (κ1) is 21.4. The number of anilines is 3. The molecule has 0 saturated carbocycles. The van der Waals surface area contributed by atoms with E-state index in [1.165, 1.54) is 49.1 Å². The monoisotopic (exact) mass is 471 g/mol. The van der Waals surface area contributed by atoms with Crippen LogP contribution in [0.1, 0.15) is 0 Å². The quantitative estimate of drug-likeness (QED) is 0.231. The zero-order valence-corrected chi connectivity index (χ0v) is 20.4. The lowest BCUT2D eigenvalue weighted by atomic mass is 9.91. The summed E-state index contributed by atoms with van der Waals surface area (Å²) in [6.07, 6.45) is 0. The molecule has 0 fully saturated rings. The second kappa shape index (κ2) is 8.96. The molecule has 0 heterocycles.